The molecule has 0 radical (unpaired) electrons. The summed E-state index contributed by atoms with van der Waals surface area (Å²) in [6.45, 7) is 1.95. The van der Waals surface area contributed by atoms with E-state index in [1.54, 1.807) is 0 Å². The zero-order valence-electron chi connectivity index (χ0n) is 13.5. The maximum absolute atomic E-state index is 12.9. The molecule has 152 valence electrons. The van der Waals surface area contributed by atoms with E-state index in [0.717, 1.165) is 9.90 Å². The minimum Gasteiger partial charge on any atom is -0.475 e. The third-order valence-corrected chi connectivity index (χ3v) is 5.47. The van der Waals surface area contributed by atoms with Crippen molar-refractivity contribution in [2.45, 2.75) is 37.4 Å². The molecule has 0 aromatic carbocycles. The predicted molar refractivity (Wildman–Crippen MR) is 84.7 cm³/mol. The number of rotatable bonds is 3. The molecule has 1 N–H and O–H groups in total. The molecule has 13 heteroatoms. The first-order valence-corrected chi connectivity index (χ1v) is 8.87. The minimum atomic E-state index is -5.08. The third kappa shape index (κ3) is 5.32. The molecule has 5 nitrogen and oxygen atoms in total. The lowest BCUT2D eigenvalue weighted by atomic mass is 9.86. The first-order chi connectivity index (χ1) is 12.4. The quantitative estimate of drug-likeness (QED) is 0.679. The molecular formula is C14H14ClF6N3O2S. The van der Waals surface area contributed by atoms with E-state index in [9.17, 15) is 26.3 Å². The molecule has 0 atom stereocenters. The standard InChI is InChI=1S/C12H13ClF3N3S.C2HF3O2/c13-10-8(3-6-20-10)7-19-4-1-9(2-5-19)11(17-18-11)12(14,15)16;3-2(4,5)1(6)7/h3,6,9H,1-2,4-5,7H2;(H,6,7). The molecule has 1 saturated heterocycles. The van der Waals surface area contributed by atoms with Gasteiger partial charge in [0.25, 0.3) is 5.66 Å². The van der Waals surface area contributed by atoms with Gasteiger partial charge in [0, 0.05) is 12.5 Å². The summed E-state index contributed by atoms with van der Waals surface area (Å²) in [5, 5.41) is 15.7. The van der Waals surface area contributed by atoms with Crippen LogP contribution in [-0.4, -0.2) is 47.1 Å². The molecule has 1 aromatic heterocycles. The highest BCUT2D eigenvalue weighted by atomic mass is 35.5. The molecule has 2 aliphatic rings. The second-order valence-electron chi connectivity index (χ2n) is 6.00. The summed E-state index contributed by atoms with van der Waals surface area (Å²) in [5.41, 5.74) is -1.06. The molecular weight excluding hydrogens is 424 g/mol. The van der Waals surface area contributed by atoms with Gasteiger partial charge in [-0.3, -0.25) is 4.90 Å². The molecule has 1 fully saturated rings. The van der Waals surface area contributed by atoms with E-state index < -0.39 is 29.9 Å². The number of hydrogen-bond donors (Lipinski definition) is 1. The van der Waals surface area contributed by atoms with Crippen LogP contribution in [0.5, 0.6) is 0 Å². The van der Waals surface area contributed by atoms with Gasteiger partial charge in [0.1, 0.15) is 0 Å². The lowest BCUT2D eigenvalue weighted by Crippen LogP contribution is -2.45. The Kier molecular flexibility index (Phi) is 6.42. The van der Waals surface area contributed by atoms with Crippen molar-refractivity contribution in [3.63, 3.8) is 0 Å². The topological polar surface area (TPSA) is 65.3 Å². The zero-order valence-corrected chi connectivity index (χ0v) is 15.1. The Morgan fingerprint density at radius 1 is 1.26 bits per heavy atom. The summed E-state index contributed by atoms with van der Waals surface area (Å²) in [6.07, 6.45) is -8.50. The summed E-state index contributed by atoms with van der Waals surface area (Å²) < 4.78 is 71.2. The summed E-state index contributed by atoms with van der Waals surface area (Å²) in [5.74, 6) is -3.27. The highest BCUT2D eigenvalue weighted by molar-refractivity contribution is 7.14. The van der Waals surface area contributed by atoms with Crippen LogP contribution in [0.4, 0.5) is 26.3 Å². The second kappa shape index (κ2) is 7.92. The van der Waals surface area contributed by atoms with Crippen molar-refractivity contribution >= 4 is 28.9 Å². The maximum Gasteiger partial charge on any atom is 0.490 e. The van der Waals surface area contributed by atoms with Crippen molar-refractivity contribution in [1.29, 1.82) is 0 Å². The maximum atomic E-state index is 12.9. The SMILES string of the molecule is FC(F)(F)C1(C2CCN(Cc3ccsc3Cl)CC2)N=N1.O=C(O)C(F)(F)F. The first-order valence-electron chi connectivity index (χ1n) is 7.62. The van der Waals surface area contributed by atoms with E-state index in [1.807, 2.05) is 11.4 Å². The molecule has 3 heterocycles. The van der Waals surface area contributed by atoms with Crippen LogP contribution in [-0.2, 0) is 11.3 Å². The fourth-order valence-electron chi connectivity index (χ4n) is 2.73. The van der Waals surface area contributed by atoms with E-state index >= 15 is 0 Å². The number of alkyl halides is 6. The number of aliphatic carboxylic acids is 1. The molecule has 0 unspecified atom stereocenters. The monoisotopic (exact) mass is 437 g/mol. The van der Waals surface area contributed by atoms with Crippen LogP contribution in [0.25, 0.3) is 0 Å². The predicted octanol–water partition coefficient (Wildman–Crippen LogP) is 4.97. The number of halogens is 7. The molecule has 1 aromatic rings. The van der Waals surface area contributed by atoms with Gasteiger partial charge in [-0.1, -0.05) is 11.6 Å². The van der Waals surface area contributed by atoms with Crippen LogP contribution >= 0.6 is 22.9 Å². The molecule has 2 aliphatic heterocycles. The number of piperidine rings is 1. The average Bonchev–Trinajstić information content (AvgIpc) is 3.28. The number of carboxylic acid groups (broad SMARTS) is 1. The Morgan fingerprint density at radius 2 is 1.78 bits per heavy atom. The fraction of sp³-hybridized carbons (Fsp3) is 0.643. The van der Waals surface area contributed by atoms with Crippen molar-refractivity contribution in [2.75, 3.05) is 13.1 Å². The number of thiophene rings is 1. The molecule has 0 spiro atoms. The number of likely N-dealkylation sites (tertiary alicyclic amines) is 1. The van der Waals surface area contributed by atoms with E-state index in [2.05, 4.69) is 15.1 Å². The summed E-state index contributed by atoms with van der Waals surface area (Å²) in [6, 6.07) is 1.96. The van der Waals surface area contributed by atoms with E-state index in [0.29, 0.717) is 32.5 Å². The van der Waals surface area contributed by atoms with Gasteiger partial charge in [-0.25, -0.2) is 4.79 Å². The first kappa shape index (κ1) is 21.9. The van der Waals surface area contributed by atoms with Crippen LogP contribution in [0, 0.1) is 5.92 Å². The fourth-order valence-corrected chi connectivity index (χ4v) is 3.64. The molecule has 0 bridgehead atoms. The lowest BCUT2D eigenvalue weighted by Gasteiger charge is -2.34. The van der Waals surface area contributed by atoms with E-state index in [1.165, 1.54) is 11.3 Å². The van der Waals surface area contributed by atoms with Crippen molar-refractivity contribution in [3.05, 3.63) is 21.3 Å². The highest BCUT2D eigenvalue weighted by Gasteiger charge is 2.67. The van der Waals surface area contributed by atoms with Gasteiger partial charge in [0.2, 0.25) is 0 Å². The molecule has 0 aliphatic carbocycles. The van der Waals surface area contributed by atoms with Crippen LogP contribution in [0.3, 0.4) is 0 Å². The smallest absolute Gasteiger partial charge is 0.475 e. The van der Waals surface area contributed by atoms with Gasteiger partial charge in [0.05, 0.1) is 4.34 Å². The third-order valence-electron chi connectivity index (χ3n) is 4.22. The average molecular weight is 438 g/mol. The van der Waals surface area contributed by atoms with Gasteiger partial charge in [-0.05, 0) is 42.9 Å². The Labute approximate surface area is 158 Å². The van der Waals surface area contributed by atoms with Gasteiger partial charge in [-0.2, -0.15) is 26.3 Å². The summed E-state index contributed by atoms with van der Waals surface area (Å²) in [4.78, 5) is 11.0. The normalized spacial score (nSPS) is 20.1. The highest BCUT2D eigenvalue weighted by Crippen LogP contribution is 2.52. The number of hydrogen-bond acceptors (Lipinski definition) is 5. The van der Waals surface area contributed by atoms with Crippen LogP contribution in [0.2, 0.25) is 4.34 Å². The lowest BCUT2D eigenvalue weighted by molar-refractivity contribution is -0.192. The molecule has 0 saturated carbocycles. The number of carbonyl (C=O) groups is 1. The summed E-state index contributed by atoms with van der Waals surface area (Å²) >= 11 is 7.51. The van der Waals surface area contributed by atoms with Gasteiger partial charge < -0.3 is 5.11 Å². The molecule has 27 heavy (non-hydrogen) atoms. The Morgan fingerprint density at radius 3 is 2.11 bits per heavy atom. The molecule has 3 rings (SSSR count). The van der Waals surface area contributed by atoms with E-state index in [4.69, 9.17) is 21.5 Å². The Bertz CT molecular complexity index is 692. The van der Waals surface area contributed by atoms with Gasteiger partial charge in [0.15, 0.2) is 0 Å². The largest absolute Gasteiger partial charge is 0.490 e. The van der Waals surface area contributed by atoms with Crippen molar-refractivity contribution in [3.8, 4) is 0 Å². The number of nitrogens with zero attached hydrogens (tertiary/aromatic N) is 3. The van der Waals surface area contributed by atoms with Crippen LogP contribution in [0.15, 0.2) is 21.7 Å². The second-order valence-corrected chi connectivity index (χ2v) is 7.51. The number of carboxylic acids is 1. The van der Waals surface area contributed by atoms with Crippen molar-refractivity contribution < 1.29 is 36.2 Å². The van der Waals surface area contributed by atoms with Crippen molar-refractivity contribution in [1.82, 2.24) is 4.90 Å². The van der Waals surface area contributed by atoms with Gasteiger partial charge in [-0.15, -0.1) is 21.6 Å². The minimum absolute atomic E-state index is 0.467. The summed E-state index contributed by atoms with van der Waals surface area (Å²) in [7, 11) is 0. The van der Waals surface area contributed by atoms with Gasteiger partial charge >= 0.3 is 18.3 Å². The van der Waals surface area contributed by atoms with Crippen LogP contribution < -0.4 is 0 Å². The molecule has 0 amide bonds. The van der Waals surface area contributed by atoms with E-state index in [-0.39, 0.29) is 0 Å². The van der Waals surface area contributed by atoms with Crippen molar-refractivity contribution in [2.24, 2.45) is 16.1 Å². The Balaban J connectivity index is 0.000000321. The van der Waals surface area contributed by atoms with Crippen LogP contribution in [0.1, 0.15) is 18.4 Å². The Hall–Kier alpha value is -1.40. The zero-order chi connectivity index (χ0) is 20.5.